The molecule has 0 radical (unpaired) electrons. The lowest BCUT2D eigenvalue weighted by molar-refractivity contribution is 0.415. The van der Waals surface area contributed by atoms with Crippen LogP contribution in [0.5, 0.6) is 5.75 Å². The molecule has 0 spiro atoms. The van der Waals surface area contributed by atoms with E-state index in [1.54, 1.807) is 7.11 Å². The third-order valence-corrected chi connectivity index (χ3v) is 3.29. The molecule has 0 saturated carbocycles. The van der Waals surface area contributed by atoms with Gasteiger partial charge in [-0.1, -0.05) is 24.3 Å². The Labute approximate surface area is 114 Å². The number of hydrogen-bond acceptors (Lipinski definition) is 3. The molecule has 0 bridgehead atoms. The van der Waals surface area contributed by atoms with Gasteiger partial charge < -0.3 is 15.8 Å². The van der Waals surface area contributed by atoms with Gasteiger partial charge in [-0.3, -0.25) is 0 Å². The van der Waals surface area contributed by atoms with Crippen LogP contribution in [0.15, 0.2) is 42.5 Å². The molecule has 2 aromatic carbocycles. The molecule has 19 heavy (non-hydrogen) atoms. The van der Waals surface area contributed by atoms with Crippen LogP contribution in [0.2, 0.25) is 0 Å². The average Bonchev–Trinajstić information content (AvgIpc) is 2.41. The lowest BCUT2D eigenvalue weighted by atomic mass is 10.0. The molecule has 0 aliphatic rings. The number of methoxy groups -OCH3 is 1. The fourth-order valence-corrected chi connectivity index (χ4v) is 2.18. The van der Waals surface area contributed by atoms with Gasteiger partial charge in [0, 0.05) is 12.1 Å². The largest absolute Gasteiger partial charge is 0.497 e. The highest BCUT2D eigenvalue weighted by molar-refractivity contribution is 5.68. The molecular formula is C16H20N2O. The molecular weight excluding hydrogens is 236 g/mol. The van der Waals surface area contributed by atoms with Crippen molar-refractivity contribution < 1.29 is 4.74 Å². The Hall–Kier alpha value is -2.16. The molecule has 3 N–H and O–H groups in total. The minimum Gasteiger partial charge on any atom is -0.497 e. The third kappa shape index (κ3) is 2.99. The highest BCUT2D eigenvalue weighted by Gasteiger charge is 2.09. The summed E-state index contributed by atoms with van der Waals surface area (Å²) in [7, 11) is 1.64. The van der Waals surface area contributed by atoms with E-state index in [0.717, 1.165) is 11.4 Å². The Kier molecular flexibility index (Phi) is 3.95. The lowest BCUT2D eigenvalue weighted by Gasteiger charge is -2.19. The van der Waals surface area contributed by atoms with Crippen LogP contribution in [-0.4, -0.2) is 7.11 Å². The van der Waals surface area contributed by atoms with Crippen LogP contribution >= 0.6 is 0 Å². The van der Waals surface area contributed by atoms with Gasteiger partial charge in [0.15, 0.2) is 0 Å². The van der Waals surface area contributed by atoms with Crippen molar-refractivity contribution in [2.45, 2.75) is 19.9 Å². The zero-order chi connectivity index (χ0) is 13.8. The van der Waals surface area contributed by atoms with Gasteiger partial charge in [-0.05, 0) is 37.1 Å². The smallest absolute Gasteiger partial charge is 0.121 e. The molecule has 2 rings (SSSR count). The molecule has 0 amide bonds. The maximum Gasteiger partial charge on any atom is 0.121 e. The summed E-state index contributed by atoms with van der Waals surface area (Å²) in [5.74, 6) is 0.770. The Morgan fingerprint density at radius 3 is 2.53 bits per heavy atom. The Balaban J connectivity index is 2.19. The maximum absolute atomic E-state index is 6.02. The number of aryl methyl sites for hydroxylation is 1. The molecule has 0 fully saturated rings. The number of ether oxygens (including phenoxy) is 1. The summed E-state index contributed by atoms with van der Waals surface area (Å²) in [6.07, 6.45) is 0. The van der Waals surface area contributed by atoms with E-state index in [1.165, 1.54) is 11.1 Å². The van der Waals surface area contributed by atoms with E-state index in [1.807, 2.05) is 24.3 Å². The first-order valence-electron chi connectivity index (χ1n) is 6.37. The van der Waals surface area contributed by atoms with Crippen molar-refractivity contribution >= 4 is 11.4 Å². The second kappa shape index (κ2) is 5.65. The van der Waals surface area contributed by atoms with E-state index in [9.17, 15) is 0 Å². The number of anilines is 2. The summed E-state index contributed by atoms with van der Waals surface area (Å²) in [6, 6.07) is 14.2. The second-order valence-electron chi connectivity index (χ2n) is 4.68. The van der Waals surface area contributed by atoms with Gasteiger partial charge >= 0.3 is 0 Å². The van der Waals surface area contributed by atoms with Crippen LogP contribution in [0.3, 0.4) is 0 Å². The van der Waals surface area contributed by atoms with Crippen LogP contribution < -0.4 is 15.8 Å². The maximum atomic E-state index is 6.02. The standard InChI is InChI=1S/C16H20N2O/c1-11-6-4-5-7-14(11)12(2)18-16-9-8-13(19-3)10-15(16)17/h4-10,12,18H,17H2,1-3H3. The predicted molar refractivity (Wildman–Crippen MR) is 80.6 cm³/mol. The van der Waals surface area contributed by atoms with Gasteiger partial charge in [0.05, 0.1) is 18.5 Å². The van der Waals surface area contributed by atoms with E-state index < -0.39 is 0 Å². The number of rotatable bonds is 4. The molecule has 100 valence electrons. The van der Waals surface area contributed by atoms with Crippen LogP contribution in [0.1, 0.15) is 24.1 Å². The highest BCUT2D eigenvalue weighted by atomic mass is 16.5. The molecule has 0 heterocycles. The van der Waals surface area contributed by atoms with Gasteiger partial charge in [-0.2, -0.15) is 0 Å². The van der Waals surface area contributed by atoms with Crippen molar-refractivity contribution in [3.05, 3.63) is 53.6 Å². The second-order valence-corrected chi connectivity index (χ2v) is 4.68. The first kappa shape index (κ1) is 13.3. The quantitative estimate of drug-likeness (QED) is 0.819. The Morgan fingerprint density at radius 1 is 1.16 bits per heavy atom. The van der Waals surface area contributed by atoms with Gasteiger partial charge in [-0.15, -0.1) is 0 Å². The van der Waals surface area contributed by atoms with E-state index in [-0.39, 0.29) is 6.04 Å². The molecule has 3 heteroatoms. The van der Waals surface area contributed by atoms with E-state index in [0.29, 0.717) is 5.69 Å². The molecule has 1 atom stereocenters. The molecule has 0 aromatic heterocycles. The van der Waals surface area contributed by atoms with Gasteiger partial charge in [-0.25, -0.2) is 0 Å². The number of nitrogens with one attached hydrogen (secondary N) is 1. The van der Waals surface area contributed by atoms with E-state index >= 15 is 0 Å². The highest BCUT2D eigenvalue weighted by Crippen LogP contribution is 2.28. The van der Waals surface area contributed by atoms with Gasteiger partial charge in [0.1, 0.15) is 5.75 Å². The number of hydrogen-bond donors (Lipinski definition) is 2. The Bertz CT molecular complexity index is 566. The Morgan fingerprint density at radius 2 is 1.89 bits per heavy atom. The summed E-state index contributed by atoms with van der Waals surface area (Å²) in [6.45, 7) is 4.25. The molecule has 3 nitrogen and oxygen atoms in total. The zero-order valence-corrected chi connectivity index (χ0v) is 11.6. The van der Waals surface area contributed by atoms with Gasteiger partial charge in [0.2, 0.25) is 0 Å². The van der Waals surface area contributed by atoms with Crippen molar-refractivity contribution in [1.82, 2.24) is 0 Å². The molecule has 2 aromatic rings. The van der Waals surface area contributed by atoms with Crippen LogP contribution in [0.25, 0.3) is 0 Å². The van der Waals surface area contributed by atoms with Crippen LogP contribution in [0, 0.1) is 6.92 Å². The molecule has 0 aliphatic heterocycles. The van der Waals surface area contributed by atoms with Crippen LogP contribution in [0.4, 0.5) is 11.4 Å². The van der Waals surface area contributed by atoms with Gasteiger partial charge in [0.25, 0.3) is 0 Å². The molecule has 0 saturated heterocycles. The summed E-state index contributed by atoms with van der Waals surface area (Å²) in [4.78, 5) is 0. The van der Waals surface area contributed by atoms with Crippen molar-refractivity contribution in [1.29, 1.82) is 0 Å². The van der Waals surface area contributed by atoms with Crippen molar-refractivity contribution in [3.63, 3.8) is 0 Å². The summed E-state index contributed by atoms with van der Waals surface area (Å²) in [5, 5.41) is 3.44. The van der Waals surface area contributed by atoms with Crippen LogP contribution in [-0.2, 0) is 0 Å². The minimum atomic E-state index is 0.205. The minimum absolute atomic E-state index is 0.205. The third-order valence-electron chi connectivity index (χ3n) is 3.29. The first-order chi connectivity index (χ1) is 9.11. The van der Waals surface area contributed by atoms with E-state index in [4.69, 9.17) is 10.5 Å². The van der Waals surface area contributed by atoms with Crippen molar-refractivity contribution in [2.24, 2.45) is 0 Å². The normalized spacial score (nSPS) is 11.9. The fraction of sp³-hybridized carbons (Fsp3) is 0.250. The van der Waals surface area contributed by atoms with Crippen molar-refractivity contribution in [3.8, 4) is 5.75 Å². The topological polar surface area (TPSA) is 47.3 Å². The predicted octanol–water partition coefficient (Wildman–Crippen LogP) is 3.76. The lowest BCUT2D eigenvalue weighted by Crippen LogP contribution is -2.09. The molecule has 0 aliphatic carbocycles. The average molecular weight is 256 g/mol. The monoisotopic (exact) mass is 256 g/mol. The van der Waals surface area contributed by atoms with E-state index in [2.05, 4.69) is 37.4 Å². The number of nitrogen functional groups attached to an aromatic ring is 1. The van der Waals surface area contributed by atoms with Crippen molar-refractivity contribution in [2.75, 3.05) is 18.2 Å². The number of nitrogens with two attached hydrogens (primary N) is 1. The number of benzene rings is 2. The summed E-state index contributed by atoms with van der Waals surface area (Å²) >= 11 is 0. The fourth-order valence-electron chi connectivity index (χ4n) is 2.18. The summed E-state index contributed by atoms with van der Waals surface area (Å²) < 4.78 is 5.15. The SMILES string of the molecule is COc1ccc(NC(C)c2ccccc2C)c(N)c1. The molecule has 1 unspecified atom stereocenters. The summed E-state index contributed by atoms with van der Waals surface area (Å²) in [5.41, 5.74) is 10.2. The first-order valence-corrected chi connectivity index (χ1v) is 6.37. The zero-order valence-electron chi connectivity index (χ0n) is 11.6.